The van der Waals surface area contributed by atoms with Crippen LogP contribution in [-0.2, 0) is 9.53 Å². The summed E-state index contributed by atoms with van der Waals surface area (Å²) in [5.74, 6) is -0.257. The molecule has 13 heteroatoms. The van der Waals surface area contributed by atoms with Gasteiger partial charge in [-0.1, -0.05) is 0 Å². The zero-order valence-electron chi connectivity index (χ0n) is 26.4. The number of hydrogen-bond donors (Lipinski definition) is 3. The van der Waals surface area contributed by atoms with Crippen LogP contribution in [0.2, 0.25) is 0 Å². The van der Waals surface area contributed by atoms with Crippen molar-refractivity contribution in [1.29, 1.82) is 0 Å². The molecule has 0 aliphatic carbocycles. The number of fused-ring (bicyclic) bond motifs is 1. The first kappa shape index (κ1) is 32.7. The normalized spacial score (nSPS) is 22.3. The number of alkyl halides is 3. The van der Waals surface area contributed by atoms with E-state index < -0.39 is 18.6 Å². The Bertz CT molecular complexity index is 1520. The molecule has 0 spiro atoms. The average Bonchev–Trinajstić information content (AvgIpc) is 3.42. The van der Waals surface area contributed by atoms with Crippen LogP contribution in [0, 0.1) is 12.8 Å². The van der Waals surface area contributed by atoms with Gasteiger partial charge in [0.1, 0.15) is 5.82 Å². The summed E-state index contributed by atoms with van der Waals surface area (Å²) in [6.45, 7) is 6.58. The molecule has 0 aromatic carbocycles. The van der Waals surface area contributed by atoms with E-state index >= 15 is 0 Å². The summed E-state index contributed by atoms with van der Waals surface area (Å²) < 4.78 is 46.7. The van der Waals surface area contributed by atoms with Crippen molar-refractivity contribution in [3.8, 4) is 11.1 Å². The van der Waals surface area contributed by atoms with Gasteiger partial charge in [0.2, 0.25) is 5.91 Å². The van der Waals surface area contributed by atoms with Crippen molar-refractivity contribution >= 4 is 23.1 Å². The van der Waals surface area contributed by atoms with Crippen LogP contribution in [0.25, 0.3) is 16.6 Å². The predicted octanol–water partition coefficient (Wildman–Crippen LogP) is 3.86. The second-order valence-corrected chi connectivity index (χ2v) is 12.1. The van der Waals surface area contributed by atoms with Crippen LogP contribution in [0.3, 0.4) is 0 Å². The number of anilines is 1. The molecular weight excluding hydrogens is 587 g/mol. The maximum Gasteiger partial charge on any atom is 0.401 e. The van der Waals surface area contributed by atoms with Crippen molar-refractivity contribution < 1.29 is 27.5 Å². The lowest BCUT2D eigenvalue weighted by Gasteiger charge is -2.39. The summed E-state index contributed by atoms with van der Waals surface area (Å²) >= 11 is 0. The van der Waals surface area contributed by atoms with Gasteiger partial charge in [-0.25, -0.2) is 4.98 Å². The molecule has 2 fully saturated rings. The highest BCUT2D eigenvalue weighted by molar-refractivity contribution is 5.99. The number of methoxy groups -OCH3 is 1. The summed E-state index contributed by atoms with van der Waals surface area (Å²) in [4.78, 5) is 34.7. The van der Waals surface area contributed by atoms with E-state index in [9.17, 15) is 22.8 Å². The smallest absolute Gasteiger partial charge is 0.380 e. The zero-order chi connectivity index (χ0) is 32.5. The van der Waals surface area contributed by atoms with Crippen molar-refractivity contribution in [2.75, 3.05) is 58.7 Å². The Balaban J connectivity index is 1.48. The fraction of sp³-hybridized carbons (Fsp3) is 0.531. The molecule has 2 aliphatic heterocycles. The van der Waals surface area contributed by atoms with E-state index in [1.807, 2.05) is 51.2 Å². The SMILES string of the molecule is CNc1ccc(-c2ccn3c([C@H](C)N4CCN(CC(F)(F)F)CC4)c(C)c(C(=O)NCC4C(=O)NC(C)CC4OC)cc23)cn1. The Kier molecular flexibility index (Phi) is 9.71. The largest absolute Gasteiger partial charge is 0.401 e. The van der Waals surface area contributed by atoms with Gasteiger partial charge >= 0.3 is 6.18 Å². The second-order valence-electron chi connectivity index (χ2n) is 12.1. The number of carbonyl (C=O) groups excluding carboxylic acids is 2. The first-order valence-corrected chi connectivity index (χ1v) is 15.3. The van der Waals surface area contributed by atoms with E-state index in [0.717, 1.165) is 33.7 Å². The lowest BCUT2D eigenvalue weighted by molar-refractivity contribution is -0.149. The summed E-state index contributed by atoms with van der Waals surface area (Å²) in [7, 11) is 3.37. The molecule has 3 aromatic heterocycles. The Morgan fingerprint density at radius 2 is 1.93 bits per heavy atom. The number of pyridine rings is 2. The standard InChI is InChI=1S/C32H42F3N7O3/c1-19-14-27(45-5)25(31(44)39-19)17-38-30(43)24-15-26-23(22-6-7-28(36-4)37-16-22)8-9-42(26)29(20(24)2)21(3)41-12-10-40(11-13-41)18-32(33,34)35/h6-9,15-16,19,21,25,27H,10-14,17-18H2,1-5H3,(H,36,37)(H,38,43)(H,39,44)/t19?,21-,25?,27?/m0/s1. The van der Waals surface area contributed by atoms with Gasteiger partial charge in [0, 0.05) is 93.7 Å². The quantitative estimate of drug-likeness (QED) is 0.331. The lowest BCUT2D eigenvalue weighted by Crippen LogP contribution is -2.53. The first-order valence-electron chi connectivity index (χ1n) is 15.3. The molecule has 0 radical (unpaired) electrons. The Hall–Kier alpha value is -3.68. The number of piperidine rings is 1. The number of piperazine rings is 1. The van der Waals surface area contributed by atoms with Crippen molar-refractivity contribution in [1.82, 2.24) is 29.8 Å². The third-order valence-corrected chi connectivity index (χ3v) is 9.13. The summed E-state index contributed by atoms with van der Waals surface area (Å²) in [6.07, 6.45) is -0.153. The molecule has 5 rings (SSSR count). The first-order chi connectivity index (χ1) is 21.4. The number of ether oxygens (including phenoxy) is 1. The maximum atomic E-state index is 13.9. The molecule has 10 nitrogen and oxygen atoms in total. The van der Waals surface area contributed by atoms with Crippen LogP contribution in [0.4, 0.5) is 19.0 Å². The molecule has 3 unspecified atom stereocenters. The molecule has 5 heterocycles. The number of aromatic nitrogens is 2. The zero-order valence-corrected chi connectivity index (χ0v) is 26.4. The number of carbonyl (C=O) groups is 2. The predicted molar refractivity (Wildman–Crippen MR) is 166 cm³/mol. The van der Waals surface area contributed by atoms with E-state index in [0.29, 0.717) is 38.2 Å². The maximum absolute atomic E-state index is 13.9. The average molecular weight is 630 g/mol. The Labute approximate surface area is 261 Å². The van der Waals surface area contributed by atoms with Crippen molar-refractivity contribution in [2.45, 2.75) is 51.6 Å². The van der Waals surface area contributed by atoms with Crippen LogP contribution in [0.1, 0.15) is 47.9 Å². The number of amides is 2. The molecule has 0 saturated carbocycles. The second kappa shape index (κ2) is 13.4. The minimum Gasteiger partial charge on any atom is -0.380 e. The molecule has 2 saturated heterocycles. The Morgan fingerprint density at radius 3 is 2.56 bits per heavy atom. The molecule has 2 aliphatic rings. The number of halogens is 3. The number of nitrogens with one attached hydrogen (secondary N) is 3. The van der Waals surface area contributed by atoms with Crippen molar-refractivity contribution in [3.05, 3.63) is 53.5 Å². The highest BCUT2D eigenvalue weighted by Gasteiger charge is 2.36. The molecule has 0 bridgehead atoms. The van der Waals surface area contributed by atoms with Gasteiger partial charge in [-0.2, -0.15) is 13.2 Å². The number of rotatable bonds is 9. The minimum atomic E-state index is -4.24. The van der Waals surface area contributed by atoms with Gasteiger partial charge in [0.15, 0.2) is 0 Å². The molecular formula is C32H42F3N7O3. The fourth-order valence-electron chi connectivity index (χ4n) is 6.67. The van der Waals surface area contributed by atoms with Crippen molar-refractivity contribution in [2.24, 2.45) is 5.92 Å². The van der Waals surface area contributed by atoms with Crippen LogP contribution >= 0.6 is 0 Å². The molecule has 45 heavy (non-hydrogen) atoms. The van der Waals surface area contributed by atoms with Crippen LogP contribution in [-0.4, -0.2) is 103 Å². The summed E-state index contributed by atoms with van der Waals surface area (Å²) in [5.41, 5.74) is 4.69. The van der Waals surface area contributed by atoms with E-state index in [1.165, 1.54) is 4.90 Å². The van der Waals surface area contributed by atoms with Crippen LogP contribution < -0.4 is 16.0 Å². The third-order valence-electron chi connectivity index (χ3n) is 9.13. The van der Waals surface area contributed by atoms with Gasteiger partial charge in [0.05, 0.1) is 24.1 Å². The van der Waals surface area contributed by atoms with E-state index in [2.05, 4.69) is 30.2 Å². The molecule has 244 valence electrons. The van der Waals surface area contributed by atoms with Gasteiger partial charge in [-0.05, 0) is 57.0 Å². The van der Waals surface area contributed by atoms with Gasteiger partial charge in [0.25, 0.3) is 5.91 Å². The highest BCUT2D eigenvalue weighted by atomic mass is 19.4. The van der Waals surface area contributed by atoms with Crippen LogP contribution in [0.15, 0.2) is 36.7 Å². The number of hydrogen-bond acceptors (Lipinski definition) is 7. The number of nitrogens with zero attached hydrogens (tertiary/aromatic N) is 4. The Morgan fingerprint density at radius 1 is 1.20 bits per heavy atom. The van der Waals surface area contributed by atoms with Crippen LogP contribution in [0.5, 0.6) is 0 Å². The topological polar surface area (TPSA) is 103 Å². The summed E-state index contributed by atoms with van der Waals surface area (Å²) in [5, 5.41) is 8.95. The molecule has 3 N–H and O–H groups in total. The highest BCUT2D eigenvalue weighted by Crippen LogP contribution is 2.34. The van der Waals surface area contributed by atoms with Gasteiger partial charge in [-0.15, -0.1) is 0 Å². The van der Waals surface area contributed by atoms with Gasteiger partial charge < -0.3 is 25.1 Å². The molecule has 4 atom stereocenters. The van der Waals surface area contributed by atoms with E-state index in [-0.39, 0.29) is 36.5 Å². The third kappa shape index (κ3) is 7.10. The summed E-state index contributed by atoms with van der Waals surface area (Å²) in [6, 6.07) is 7.49. The van der Waals surface area contributed by atoms with E-state index in [4.69, 9.17) is 4.74 Å². The van der Waals surface area contributed by atoms with Crippen molar-refractivity contribution in [3.63, 3.8) is 0 Å². The molecule has 2 amide bonds. The van der Waals surface area contributed by atoms with E-state index in [1.54, 1.807) is 20.4 Å². The van der Waals surface area contributed by atoms with Gasteiger partial charge in [-0.3, -0.25) is 19.4 Å². The lowest BCUT2D eigenvalue weighted by atomic mass is 9.91. The minimum absolute atomic E-state index is 0.0112. The molecule has 3 aromatic rings. The fourth-order valence-corrected chi connectivity index (χ4v) is 6.67. The monoisotopic (exact) mass is 629 g/mol.